The second-order valence-corrected chi connectivity index (χ2v) is 6.59. The summed E-state index contributed by atoms with van der Waals surface area (Å²) in [5.74, 6) is -0.990. The minimum Gasteiger partial charge on any atom is -0.481 e. The van der Waals surface area contributed by atoms with Gasteiger partial charge in [-0.2, -0.15) is 0 Å². The summed E-state index contributed by atoms with van der Waals surface area (Å²) < 4.78 is 0. The van der Waals surface area contributed by atoms with Crippen LogP contribution in [0.25, 0.3) is 0 Å². The topological polar surface area (TPSA) is 73.7 Å². The summed E-state index contributed by atoms with van der Waals surface area (Å²) in [5.41, 5.74) is 0.984. The molecule has 0 saturated carbocycles. The molecule has 21 heavy (non-hydrogen) atoms. The number of hydrogen-bond acceptors (Lipinski definition) is 5. The maximum Gasteiger partial charge on any atom is 0.306 e. The fourth-order valence-electron chi connectivity index (χ4n) is 2.52. The van der Waals surface area contributed by atoms with Crippen LogP contribution in [-0.2, 0) is 16.1 Å². The predicted molar refractivity (Wildman–Crippen MR) is 80.1 cm³/mol. The number of carbonyl (C=O) groups is 2. The fraction of sp³-hybridized carbons (Fsp3) is 0.643. The maximum absolute atomic E-state index is 12.2. The summed E-state index contributed by atoms with van der Waals surface area (Å²) in [6.45, 7) is 4.04. The van der Waals surface area contributed by atoms with Gasteiger partial charge in [0.15, 0.2) is 0 Å². The van der Waals surface area contributed by atoms with Crippen LogP contribution in [0, 0.1) is 12.8 Å². The minimum atomic E-state index is -0.752. The van der Waals surface area contributed by atoms with E-state index in [1.54, 1.807) is 16.2 Å². The molecule has 2 rings (SSSR count). The number of carboxylic acid groups (broad SMARTS) is 1. The van der Waals surface area contributed by atoms with Crippen molar-refractivity contribution in [2.45, 2.75) is 26.3 Å². The van der Waals surface area contributed by atoms with Crippen molar-refractivity contribution in [1.82, 2.24) is 14.8 Å². The Balaban J connectivity index is 1.77. The average molecular weight is 311 g/mol. The van der Waals surface area contributed by atoms with Gasteiger partial charge in [0.1, 0.15) is 0 Å². The van der Waals surface area contributed by atoms with E-state index in [0.29, 0.717) is 39.0 Å². The van der Waals surface area contributed by atoms with Crippen LogP contribution in [-0.4, -0.2) is 58.4 Å². The highest BCUT2D eigenvalue weighted by Gasteiger charge is 2.27. The molecule has 1 N–H and O–H groups in total. The van der Waals surface area contributed by atoms with E-state index >= 15 is 0 Å². The minimum absolute atomic E-state index is 0.0632. The third-order valence-electron chi connectivity index (χ3n) is 3.70. The molecular formula is C14H21N3O3S. The first kappa shape index (κ1) is 15.9. The predicted octanol–water partition coefficient (Wildman–Crippen LogP) is 1.21. The summed E-state index contributed by atoms with van der Waals surface area (Å²) in [6.07, 6.45) is 1.10. The lowest BCUT2D eigenvalue weighted by Gasteiger charge is -2.31. The molecule has 2 heterocycles. The molecule has 1 fully saturated rings. The number of carbonyl (C=O) groups excluding carboxylic acids is 1. The van der Waals surface area contributed by atoms with Gasteiger partial charge < -0.3 is 10.0 Å². The number of thiazole rings is 1. The SMILES string of the molecule is Cc1nc(CN(C)CC(=O)N2CCC(C(=O)O)CC2)cs1. The third kappa shape index (κ3) is 4.50. The molecule has 1 aromatic heterocycles. The van der Waals surface area contributed by atoms with Crippen molar-refractivity contribution in [3.05, 3.63) is 16.1 Å². The van der Waals surface area contributed by atoms with Crippen molar-refractivity contribution in [3.8, 4) is 0 Å². The molecule has 0 unspecified atom stereocenters. The molecular weight excluding hydrogens is 290 g/mol. The number of rotatable bonds is 5. The molecule has 1 aromatic rings. The molecule has 7 heteroatoms. The molecule has 1 aliphatic heterocycles. The smallest absolute Gasteiger partial charge is 0.306 e. The summed E-state index contributed by atoms with van der Waals surface area (Å²) in [6, 6.07) is 0. The quantitative estimate of drug-likeness (QED) is 0.884. The lowest BCUT2D eigenvalue weighted by Crippen LogP contribution is -2.44. The fourth-order valence-corrected chi connectivity index (χ4v) is 3.12. The van der Waals surface area contributed by atoms with Crippen LogP contribution in [0.2, 0.25) is 0 Å². The number of likely N-dealkylation sites (N-methyl/N-ethyl adjacent to an activating group) is 1. The Kier molecular flexibility index (Phi) is 5.30. The standard InChI is InChI=1S/C14H21N3O3S/c1-10-15-12(9-21-10)7-16(2)8-13(18)17-5-3-11(4-6-17)14(19)20/h9,11H,3-8H2,1-2H3,(H,19,20). The van der Waals surface area contributed by atoms with Crippen molar-refractivity contribution in [2.24, 2.45) is 5.92 Å². The molecule has 0 atom stereocenters. The zero-order valence-corrected chi connectivity index (χ0v) is 13.2. The number of aromatic nitrogens is 1. The zero-order chi connectivity index (χ0) is 15.4. The Morgan fingerprint density at radius 2 is 2.14 bits per heavy atom. The van der Waals surface area contributed by atoms with Gasteiger partial charge in [0.05, 0.1) is 23.2 Å². The van der Waals surface area contributed by atoms with Gasteiger partial charge in [-0.15, -0.1) is 11.3 Å². The van der Waals surface area contributed by atoms with Gasteiger partial charge in [-0.3, -0.25) is 14.5 Å². The second-order valence-electron chi connectivity index (χ2n) is 5.52. The Labute approximate surface area is 128 Å². The van der Waals surface area contributed by atoms with Gasteiger partial charge >= 0.3 is 5.97 Å². The summed E-state index contributed by atoms with van der Waals surface area (Å²) in [4.78, 5) is 31.2. The zero-order valence-electron chi connectivity index (χ0n) is 12.4. The molecule has 0 radical (unpaired) electrons. The van der Waals surface area contributed by atoms with Crippen LogP contribution in [0.15, 0.2) is 5.38 Å². The van der Waals surface area contributed by atoms with Crippen molar-refractivity contribution in [2.75, 3.05) is 26.7 Å². The van der Waals surface area contributed by atoms with Gasteiger partial charge in [0.2, 0.25) is 5.91 Å². The molecule has 1 saturated heterocycles. The van der Waals surface area contributed by atoms with Crippen LogP contribution >= 0.6 is 11.3 Å². The highest BCUT2D eigenvalue weighted by molar-refractivity contribution is 7.09. The Morgan fingerprint density at radius 1 is 1.48 bits per heavy atom. The molecule has 0 bridgehead atoms. The normalized spacial score (nSPS) is 16.4. The molecule has 0 aliphatic carbocycles. The third-order valence-corrected chi connectivity index (χ3v) is 4.52. The van der Waals surface area contributed by atoms with E-state index in [0.717, 1.165) is 10.7 Å². The molecule has 0 aromatic carbocycles. The van der Waals surface area contributed by atoms with Gasteiger partial charge in [-0.05, 0) is 26.8 Å². The van der Waals surface area contributed by atoms with E-state index in [9.17, 15) is 9.59 Å². The number of nitrogens with zero attached hydrogens (tertiary/aromatic N) is 3. The number of likely N-dealkylation sites (tertiary alicyclic amines) is 1. The van der Waals surface area contributed by atoms with E-state index in [-0.39, 0.29) is 11.8 Å². The first-order valence-electron chi connectivity index (χ1n) is 7.06. The van der Waals surface area contributed by atoms with Crippen LogP contribution in [0.3, 0.4) is 0 Å². The van der Waals surface area contributed by atoms with Crippen molar-refractivity contribution >= 4 is 23.2 Å². The van der Waals surface area contributed by atoms with Crippen molar-refractivity contribution in [3.63, 3.8) is 0 Å². The molecule has 0 spiro atoms. The molecule has 116 valence electrons. The lowest BCUT2D eigenvalue weighted by atomic mass is 9.97. The first-order chi connectivity index (χ1) is 9.95. The molecule has 6 nitrogen and oxygen atoms in total. The first-order valence-corrected chi connectivity index (χ1v) is 7.94. The van der Waals surface area contributed by atoms with E-state index in [1.807, 2.05) is 24.3 Å². The van der Waals surface area contributed by atoms with Gasteiger partial charge in [-0.1, -0.05) is 0 Å². The van der Waals surface area contributed by atoms with Crippen LogP contribution in [0.1, 0.15) is 23.5 Å². The second kappa shape index (κ2) is 7.00. The van der Waals surface area contributed by atoms with Crippen molar-refractivity contribution in [1.29, 1.82) is 0 Å². The largest absolute Gasteiger partial charge is 0.481 e. The summed E-state index contributed by atoms with van der Waals surface area (Å²) >= 11 is 1.61. The maximum atomic E-state index is 12.2. The highest BCUT2D eigenvalue weighted by atomic mass is 32.1. The van der Waals surface area contributed by atoms with E-state index in [1.165, 1.54) is 0 Å². The number of aryl methyl sites for hydroxylation is 1. The van der Waals surface area contributed by atoms with Crippen molar-refractivity contribution < 1.29 is 14.7 Å². The van der Waals surface area contributed by atoms with Crippen LogP contribution < -0.4 is 0 Å². The van der Waals surface area contributed by atoms with E-state index in [4.69, 9.17) is 5.11 Å². The summed E-state index contributed by atoms with van der Waals surface area (Å²) in [5, 5.41) is 12.0. The average Bonchev–Trinajstić information content (AvgIpc) is 2.83. The Bertz CT molecular complexity index is 509. The van der Waals surface area contributed by atoms with Gasteiger partial charge in [0.25, 0.3) is 0 Å². The van der Waals surface area contributed by atoms with Crippen LogP contribution in [0.4, 0.5) is 0 Å². The number of carboxylic acids is 1. The van der Waals surface area contributed by atoms with Crippen LogP contribution in [0.5, 0.6) is 0 Å². The number of hydrogen-bond donors (Lipinski definition) is 1. The number of aliphatic carboxylic acids is 1. The van der Waals surface area contributed by atoms with Gasteiger partial charge in [-0.25, -0.2) is 4.98 Å². The molecule has 1 amide bonds. The van der Waals surface area contributed by atoms with Gasteiger partial charge in [0, 0.05) is 25.0 Å². The number of piperidine rings is 1. The lowest BCUT2D eigenvalue weighted by molar-refractivity contribution is -0.145. The van der Waals surface area contributed by atoms with E-state index in [2.05, 4.69) is 4.98 Å². The molecule has 1 aliphatic rings. The monoisotopic (exact) mass is 311 g/mol. The van der Waals surface area contributed by atoms with E-state index < -0.39 is 5.97 Å². The summed E-state index contributed by atoms with van der Waals surface area (Å²) in [7, 11) is 1.90. The highest BCUT2D eigenvalue weighted by Crippen LogP contribution is 2.17. The number of amides is 1. The Morgan fingerprint density at radius 3 is 2.67 bits per heavy atom. The Hall–Kier alpha value is -1.47.